The number of hydrogen-bond acceptors (Lipinski definition) is 3. The first-order chi connectivity index (χ1) is 7.58. The minimum atomic E-state index is -1.28. The Morgan fingerprint density at radius 2 is 2.00 bits per heavy atom. The van der Waals surface area contributed by atoms with Crippen LogP contribution in [0.25, 0.3) is 0 Å². The molecule has 1 amide bonds. The first kappa shape index (κ1) is 12.4. The second kappa shape index (κ2) is 5.43. The Kier molecular flexibility index (Phi) is 4.21. The molecule has 0 spiro atoms. The third-order valence-electron chi connectivity index (χ3n) is 2.13. The average molecular weight is 229 g/mol. The highest BCUT2D eigenvalue weighted by molar-refractivity contribution is 5.82. The highest BCUT2D eigenvalue weighted by Crippen LogP contribution is 2.21. The van der Waals surface area contributed by atoms with Gasteiger partial charge >= 0.3 is 6.09 Å². The molecule has 0 bridgehead atoms. The van der Waals surface area contributed by atoms with Gasteiger partial charge in [0.2, 0.25) is 0 Å². The molecule has 0 atom stereocenters. The van der Waals surface area contributed by atoms with Crippen LogP contribution in [0.5, 0.6) is 0 Å². The number of amides is 1. The summed E-state index contributed by atoms with van der Waals surface area (Å²) in [4.78, 5) is 10.3. The van der Waals surface area contributed by atoms with Crippen LogP contribution in [0.3, 0.4) is 0 Å². The van der Waals surface area contributed by atoms with Gasteiger partial charge in [0.05, 0.1) is 13.2 Å². The van der Waals surface area contributed by atoms with E-state index in [1.54, 1.807) is 0 Å². The van der Waals surface area contributed by atoms with Gasteiger partial charge in [0.1, 0.15) is 5.82 Å². The molecule has 0 saturated heterocycles. The maximum atomic E-state index is 13.5. The molecule has 1 aromatic carbocycles. The van der Waals surface area contributed by atoms with Gasteiger partial charge in [-0.2, -0.15) is 0 Å². The van der Waals surface area contributed by atoms with Gasteiger partial charge < -0.3 is 15.3 Å². The molecule has 0 aliphatic heterocycles. The SMILES string of the molecule is O=C(O)Nc1ccc(C(CO)CO)c(F)c1. The minimum Gasteiger partial charge on any atom is -0.465 e. The molecule has 16 heavy (non-hydrogen) atoms. The number of aliphatic hydroxyl groups excluding tert-OH is 2. The number of carbonyl (C=O) groups is 1. The van der Waals surface area contributed by atoms with Gasteiger partial charge in [-0.3, -0.25) is 5.32 Å². The number of anilines is 1. The number of halogens is 1. The second-order valence-electron chi connectivity index (χ2n) is 3.23. The lowest BCUT2D eigenvalue weighted by atomic mass is 10.00. The summed E-state index contributed by atoms with van der Waals surface area (Å²) < 4.78 is 13.5. The van der Waals surface area contributed by atoms with E-state index >= 15 is 0 Å². The summed E-state index contributed by atoms with van der Waals surface area (Å²) >= 11 is 0. The molecule has 0 saturated carbocycles. The van der Waals surface area contributed by atoms with Crippen molar-refractivity contribution in [3.63, 3.8) is 0 Å². The lowest BCUT2D eigenvalue weighted by Gasteiger charge is -2.13. The average Bonchev–Trinajstić information content (AvgIpc) is 2.21. The molecule has 0 aliphatic carbocycles. The van der Waals surface area contributed by atoms with Gasteiger partial charge in [-0.25, -0.2) is 9.18 Å². The summed E-state index contributed by atoms with van der Waals surface area (Å²) in [7, 11) is 0. The van der Waals surface area contributed by atoms with Crippen LogP contribution >= 0.6 is 0 Å². The minimum absolute atomic E-state index is 0.100. The van der Waals surface area contributed by atoms with Crippen LogP contribution in [0.2, 0.25) is 0 Å². The third-order valence-corrected chi connectivity index (χ3v) is 2.13. The number of hydrogen-bond donors (Lipinski definition) is 4. The van der Waals surface area contributed by atoms with Gasteiger partial charge in [-0.1, -0.05) is 6.07 Å². The van der Waals surface area contributed by atoms with E-state index in [0.29, 0.717) is 0 Å². The first-order valence-corrected chi connectivity index (χ1v) is 4.59. The number of rotatable bonds is 4. The van der Waals surface area contributed by atoms with E-state index in [0.717, 1.165) is 6.07 Å². The number of benzene rings is 1. The van der Waals surface area contributed by atoms with Crippen molar-refractivity contribution in [1.82, 2.24) is 0 Å². The van der Waals surface area contributed by atoms with Crippen molar-refractivity contribution in [2.75, 3.05) is 18.5 Å². The number of aliphatic hydroxyl groups is 2. The highest BCUT2D eigenvalue weighted by Gasteiger charge is 2.14. The first-order valence-electron chi connectivity index (χ1n) is 4.59. The van der Waals surface area contributed by atoms with Crippen LogP contribution in [0.1, 0.15) is 11.5 Å². The molecule has 88 valence electrons. The van der Waals surface area contributed by atoms with E-state index in [-0.39, 0.29) is 24.5 Å². The zero-order valence-electron chi connectivity index (χ0n) is 8.35. The van der Waals surface area contributed by atoms with E-state index in [1.165, 1.54) is 12.1 Å². The zero-order chi connectivity index (χ0) is 12.1. The molecular weight excluding hydrogens is 217 g/mol. The molecule has 0 unspecified atom stereocenters. The molecular formula is C10H12FNO4. The van der Waals surface area contributed by atoms with Crippen molar-refractivity contribution in [3.8, 4) is 0 Å². The van der Waals surface area contributed by atoms with Crippen molar-refractivity contribution in [3.05, 3.63) is 29.6 Å². The van der Waals surface area contributed by atoms with Crippen molar-refractivity contribution in [2.24, 2.45) is 0 Å². The van der Waals surface area contributed by atoms with E-state index in [4.69, 9.17) is 15.3 Å². The maximum Gasteiger partial charge on any atom is 0.409 e. The summed E-state index contributed by atoms with van der Waals surface area (Å²) in [5.74, 6) is -1.36. The van der Waals surface area contributed by atoms with Gasteiger partial charge in [-0.15, -0.1) is 0 Å². The highest BCUT2D eigenvalue weighted by atomic mass is 19.1. The largest absolute Gasteiger partial charge is 0.465 e. The van der Waals surface area contributed by atoms with Crippen LogP contribution in [-0.4, -0.2) is 34.6 Å². The topological polar surface area (TPSA) is 89.8 Å². The molecule has 0 heterocycles. The predicted octanol–water partition coefficient (Wildman–Crippen LogP) is 0.984. The molecule has 1 rings (SSSR count). The monoisotopic (exact) mass is 229 g/mol. The zero-order valence-corrected chi connectivity index (χ0v) is 8.35. The summed E-state index contributed by atoms with van der Waals surface area (Å²) in [5, 5.41) is 28.2. The van der Waals surface area contributed by atoms with E-state index < -0.39 is 17.8 Å². The molecule has 0 aromatic heterocycles. The second-order valence-corrected chi connectivity index (χ2v) is 3.23. The molecule has 0 fully saturated rings. The fraction of sp³-hybridized carbons (Fsp3) is 0.300. The molecule has 6 heteroatoms. The van der Waals surface area contributed by atoms with Crippen molar-refractivity contribution >= 4 is 11.8 Å². The Morgan fingerprint density at radius 1 is 1.38 bits per heavy atom. The summed E-state index contributed by atoms with van der Waals surface area (Å²) in [5.41, 5.74) is 0.254. The quantitative estimate of drug-likeness (QED) is 0.619. The summed E-state index contributed by atoms with van der Waals surface area (Å²) in [6, 6.07) is 3.70. The Hall–Kier alpha value is -1.66. The molecule has 5 nitrogen and oxygen atoms in total. The fourth-order valence-corrected chi connectivity index (χ4v) is 1.31. The molecule has 0 radical (unpaired) electrons. The Bertz CT molecular complexity index is 379. The summed E-state index contributed by atoms with van der Waals surface area (Å²) in [6.07, 6.45) is -1.28. The predicted molar refractivity (Wildman–Crippen MR) is 55.0 cm³/mol. The standard InChI is InChI=1S/C10H12FNO4/c11-9-3-7(12-10(15)16)1-2-8(9)6(4-13)5-14/h1-3,6,12-14H,4-5H2,(H,15,16). The normalized spacial score (nSPS) is 10.5. The van der Waals surface area contributed by atoms with Gasteiger partial charge in [-0.05, 0) is 17.7 Å². The smallest absolute Gasteiger partial charge is 0.409 e. The van der Waals surface area contributed by atoms with Gasteiger partial charge in [0.25, 0.3) is 0 Å². The van der Waals surface area contributed by atoms with Crippen LogP contribution < -0.4 is 5.32 Å². The summed E-state index contributed by atoms with van der Waals surface area (Å²) in [6.45, 7) is -0.752. The van der Waals surface area contributed by atoms with Crippen molar-refractivity contribution in [2.45, 2.75) is 5.92 Å². The van der Waals surface area contributed by atoms with E-state index in [9.17, 15) is 9.18 Å². The molecule has 4 N–H and O–H groups in total. The Balaban J connectivity index is 2.94. The van der Waals surface area contributed by atoms with Crippen LogP contribution in [0.4, 0.5) is 14.9 Å². The van der Waals surface area contributed by atoms with Crippen LogP contribution in [0.15, 0.2) is 18.2 Å². The molecule has 1 aromatic rings. The third kappa shape index (κ3) is 2.91. The Morgan fingerprint density at radius 3 is 2.44 bits per heavy atom. The van der Waals surface area contributed by atoms with E-state index in [2.05, 4.69) is 0 Å². The van der Waals surface area contributed by atoms with Crippen molar-refractivity contribution < 1.29 is 24.5 Å². The van der Waals surface area contributed by atoms with Crippen LogP contribution in [0, 0.1) is 5.82 Å². The Labute approximate surface area is 91.2 Å². The number of nitrogens with one attached hydrogen (secondary N) is 1. The lowest BCUT2D eigenvalue weighted by molar-refractivity contribution is 0.190. The van der Waals surface area contributed by atoms with Gasteiger partial charge in [0.15, 0.2) is 0 Å². The van der Waals surface area contributed by atoms with Crippen LogP contribution in [-0.2, 0) is 0 Å². The maximum absolute atomic E-state index is 13.5. The number of carboxylic acid groups (broad SMARTS) is 1. The van der Waals surface area contributed by atoms with Gasteiger partial charge in [0, 0.05) is 11.6 Å². The fourth-order valence-electron chi connectivity index (χ4n) is 1.31. The molecule has 0 aliphatic rings. The van der Waals surface area contributed by atoms with E-state index in [1.807, 2.05) is 5.32 Å². The van der Waals surface area contributed by atoms with Crippen molar-refractivity contribution in [1.29, 1.82) is 0 Å². The lowest BCUT2D eigenvalue weighted by Crippen LogP contribution is -2.12.